The third-order valence-electron chi connectivity index (χ3n) is 1.66. The van der Waals surface area contributed by atoms with Crippen LogP contribution in [0.2, 0.25) is 0 Å². The summed E-state index contributed by atoms with van der Waals surface area (Å²) >= 11 is 7.02. The van der Waals surface area contributed by atoms with Gasteiger partial charge in [-0.1, -0.05) is 65.2 Å². The molecule has 0 amide bonds. The predicted octanol–water partition coefficient (Wildman–Crippen LogP) is 7.94. The molecule has 0 rings (SSSR count). The van der Waals surface area contributed by atoms with E-state index in [4.69, 9.17) is 4.18 Å². The monoisotopic (exact) mass is 760 g/mol. The van der Waals surface area contributed by atoms with Crippen LogP contribution >= 0.6 is 126 Å². The molecule has 0 heterocycles. The number of rotatable bonds is 4. The highest BCUT2D eigenvalue weighted by Crippen LogP contribution is 2.79. The van der Waals surface area contributed by atoms with Crippen molar-refractivity contribution in [3.05, 3.63) is 0 Å². The zero-order chi connectivity index (χ0) is 16.3. The summed E-state index contributed by atoms with van der Waals surface area (Å²) in [6.07, 6.45) is 0. The Hall–Kier alpha value is 5.31. The highest BCUT2D eigenvalue weighted by Gasteiger charge is 2.37. The first-order chi connectivity index (χ1) is 7.90. The van der Waals surface area contributed by atoms with Crippen LogP contribution in [0.5, 0.6) is 0 Å². The van der Waals surface area contributed by atoms with Gasteiger partial charge in [-0.25, -0.2) is 0 Å². The standard InChI is InChI=1S/C3H9I2PS.C3H15IO2P4S2/c1-3(2)7(4,5)6;1-3(2,11(4,5)7)6-12(8,9)10/h3H,6H2,1-2H3;5H,7-10H2,1-2H3. The van der Waals surface area contributed by atoms with Gasteiger partial charge in [-0.3, -0.25) is 0 Å². The van der Waals surface area contributed by atoms with Crippen molar-refractivity contribution in [3.63, 3.8) is 0 Å². The summed E-state index contributed by atoms with van der Waals surface area (Å²) < 4.78 is 15.1. The van der Waals surface area contributed by atoms with Gasteiger partial charge in [0.15, 0.2) is 0 Å². The highest BCUT2D eigenvalue weighted by molar-refractivity contribution is 14.3. The lowest BCUT2D eigenvalue weighted by atomic mass is 10.5. The summed E-state index contributed by atoms with van der Waals surface area (Å²) in [4.78, 5) is -0.515. The van der Waals surface area contributed by atoms with Crippen molar-refractivity contribution in [2.24, 2.45) is 0 Å². The molecule has 0 aromatic rings. The Bertz CT molecular complexity index is 277. The van der Waals surface area contributed by atoms with Crippen LogP contribution in [0.1, 0.15) is 27.7 Å². The average Bonchev–Trinajstić information content (AvgIpc) is 1.95. The Morgan fingerprint density at radius 3 is 1.32 bits per heavy atom. The van der Waals surface area contributed by atoms with E-state index < -0.39 is 21.2 Å². The maximum absolute atomic E-state index is 9.80. The quantitative estimate of drug-likeness (QED) is 0.233. The molecule has 6 unspecified atom stereocenters. The molecule has 19 heavy (non-hydrogen) atoms. The van der Waals surface area contributed by atoms with Crippen LogP contribution in [0.25, 0.3) is 0 Å². The van der Waals surface area contributed by atoms with Crippen LogP contribution in [0.4, 0.5) is 0 Å². The fraction of sp³-hybridized carbons (Fsp3) is 1.00. The van der Waals surface area contributed by atoms with Crippen molar-refractivity contribution in [1.82, 2.24) is 0 Å². The van der Waals surface area contributed by atoms with Gasteiger partial charge >= 0.3 is 0 Å². The Balaban J connectivity index is 0. The average molecular weight is 760 g/mol. The molecule has 0 aliphatic carbocycles. The molecule has 0 aliphatic rings. The minimum Gasteiger partial charge on any atom is -0.336 e. The highest BCUT2D eigenvalue weighted by atomic mass is 127. The smallest absolute Gasteiger partial charge is 0.137 e. The van der Waals surface area contributed by atoms with Gasteiger partial charge < -0.3 is 8.74 Å². The second-order valence-corrected chi connectivity index (χ2v) is 52.3. The van der Waals surface area contributed by atoms with E-state index in [0.29, 0.717) is 0 Å². The van der Waals surface area contributed by atoms with Crippen LogP contribution in [-0.2, 0) is 4.18 Å². The molecule has 0 bridgehead atoms. The van der Waals surface area contributed by atoms with E-state index in [1.807, 2.05) is 35.1 Å². The zero-order valence-corrected chi connectivity index (χ0v) is 25.9. The van der Waals surface area contributed by atoms with Crippen LogP contribution < -0.4 is 0 Å². The molecule has 6 atom stereocenters. The van der Waals surface area contributed by atoms with Crippen molar-refractivity contribution >= 4 is 126 Å². The van der Waals surface area contributed by atoms with Crippen LogP contribution in [0.3, 0.4) is 0 Å². The fourth-order valence-corrected chi connectivity index (χ4v) is 5.63. The first kappa shape index (κ1) is 26.5. The molecule has 0 fully saturated rings. The van der Waals surface area contributed by atoms with Crippen molar-refractivity contribution in [2.45, 2.75) is 37.9 Å². The van der Waals surface area contributed by atoms with Crippen molar-refractivity contribution in [2.75, 3.05) is 0 Å². The zero-order valence-electron chi connectivity index (χ0n) is 11.2. The second-order valence-electron chi connectivity index (χ2n) is 4.33. The molecule has 13 heteroatoms. The topological polar surface area (TPSA) is 29.5 Å². The third kappa shape index (κ3) is 15.3. The SMILES string of the molecule is CC(C)(OS(P)(P)P)S(O)(P)I.CC(C)S(P)(I)I. The summed E-state index contributed by atoms with van der Waals surface area (Å²) in [5, 5.41) is 0.818. The largest absolute Gasteiger partial charge is 0.336 e. The molecule has 2 nitrogen and oxygen atoms in total. The van der Waals surface area contributed by atoms with Gasteiger partial charge in [0.1, 0.15) is 4.93 Å². The lowest BCUT2D eigenvalue weighted by Gasteiger charge is -2.44. The van der Waals surface area contributed by atoms with Gasteiger partial charge in [-0.2, -0.15) is 0 Å². The summed E-state index contributed by atoms with van der Waals surface area (Å²) in [5.41, 5.74) is 0. The lowest BCUT2D eigenvalue weighted by molar-refractivity contribution is 0.239. The molecule has 0 spiro atoms. The van der Waals surface area contributed by atoms with Crippen molar-refractivity contribution < 1.29 is 8.74 Å². The van der Waals surface area contributed by atoms with Crippen molar-refractivity contribution in [1.29, 1.82) is 0 Å². The van der Waals surface area contributed by atoms with Crippen LogP contribution in [0, 0.1) is 0 Å². The first-order valence-corrected chi connectivity index (χ1v) is 24.6. The fourth-order valence-electron chi connectivity index (χ4n) is 0.395. The van der Waals surface area contributed by atoms with Gasteiger partial charge in [-0.15, -0.1) is 3.99 Å². The van der Waals surface area contributed by atoms with E-state index in [2.05, 4.69) is 98.5 Å². The molecule has 0 radical (unpaired) electrons. The number of halogens is 3. The van der Waals surface area contributed by atoms with E-state index >= 15 is 0 Å². The van der Waals surface area contributed by atoms with Gasteiger partial charge in [0, 0.05) is 26.5 Å². The molecular weight excluding hydrogens is 736 g/mol. The molecule has 1 N–H and O–H groups in total. The Morgan fingerprint density at radius 2 is 1.26 bits per heavy atom. The Kier molecular flexibility index (Phi) is 14.6. The normalized spacial score (nSPS) is 20.1. The van der Waals surface area contributed by atoms with E-state index in [1.54, 1.807) is 0 Å². The number of hydrogen-bond donors (Lipinski definition) is 1. The van der Waals surface area contributed by atoms with E-state index in [-0.39, 0.29) is 3.99 Å². The summed E-state index contributed by atoms with van der Waals surface area (Å²) in [7, 11) is 10.1. The number of hydrogen-bond acceptors (Lipinski definition) is 2. The van der Waals surface area contributed by atoms with Gasteiger partial charge in [0.05, 0.1) is 0 Å². The first-order valence-electron chi connectivity index (χ1n) is 4.79. The minimum atomic E-state index is -1.79. The molecule has 0 saturated carbocycles. The van der Waals surface area contributed by atoms with Gasteiger partial charge in [0.25, 0.3) is 0 Å². The minimum absolute atomic E-state index is 0.384. The maximum atomic E-state index is 9.80. The van der Waals surface area contributed by atoms with Gasteiger partial charge in [0.2, 0.25) is 0 Å². The van der Waals surface area contributed by atoms with Gasteiger partial charge in [-0.05, 0) is 63.4 Å². The van der Waals surface area contributed by atoms with E-state index in [0.717, 1.165) is 5.25 Å². The summed E-state index contributed by atoms with van der Waals surface area (Å²) in [6, 6.07) is 0. The molecule has 0 aliphatic heterocycles. The lowest BCUT2D eigenvalue weighted by Crippen LogP contribution is -2.23. The molecule has 124 valence electrons. The predicted molar refractivity (Wildman–Crippen MR) is 146 cm³/mol. The summed E-state index contributed by atoms with van der Waals surface area (Å²) in [6.45, 7) is 8.28. The third-order valence-corrected chi connectivity index (χ3v) is 18.7. The van der Waals surface area contributed by atoms with E-state index in [1.165, 1.54) is 0 Å². The molecule has 0 aromatic heterocycles. The second kappa shape index (κ2) is 10.5. The van der Waals surface area contributed by atoms with Crippen LogP contribution in [0.15, 0.2) is 0 Å². The molecule has 0 saturated heterocycles. The van der Waals surface area contributed by atoms with Crippen LogP contribution in [-0.4, -0.2) is 14.7 Å². The molecule has 0 aromatic carbocycles. The van der Waals surface area contributed by atoms with E-state index in [9.17, 15) is 4.55 Å². The Labute approximate surface area is 170 Å². The Morgan fingerprint density at radius 1 is 1.00 bits per heavy atom. The maximum Gasteiger partial charge on any atom is 0.137 e. The summed E-state index contributed by atoms with van der Waals surface area (Å²) in [5.74, 6) is 0. The molecular formula is C6H24I3O2P5S3. The van der Waals surface area contributed by atoms with Crippen molar-refractivity contribution in [3.8, 4) is 0 Å².